The Hall–Kier alpha value is -2.07. The van der Waals surface area contributed by atoms with E-state index >= 15 is 0 Å². The first-order chi connectivity index (χ1) is 9.24. The highest BCUT2D eigenvalue weighted by molar-refractivity contribution is 5.40. The molecule has 2 rings (SSSR count). The first kappa shape index (κ1) is 13.4. The second-order valence-corrected chi connectivity index (χ2v) is 4.21. The minimum Gasteiger partial charge on any atom is -0.488 e. The van der Waals surface area contributed by atoms with Crippen molar-refractivity contribution in [2.45, 2.75) is 20.1 Å². The standard InChI is InChI=1S/C15H18N2O2/c1-11-13(9-16)14(8-15(17-11)18-2)19-10-12-6-4-3-5-7-12/h3-8H,9-10,16H2,1-2H3. The van der Waals surface area contributed by atoms with E-state index in [1.165, 1.54) is 0 Å². The van der Waals surface area contributed by atoms with Crippen LogP contribution in [0, 0.1) is 6.92 Å². The Morgan fingerprint density at radius 1 is 1.21 bits per heavy atom. The van der Waals surface area contributed by atoms with Gasteiger partial charge in [0.1, 0.15) is 12.4 Å². The maximum Gasteiger partial charge on any atom is 0.216 e. The van der Waals surface area contributed by atoms with Gasteiger partial charge in [-0.25, -0.2) is 4.98 Å². The predicted molar refractivity (Wildman–Crippen MR) is 74.2 cm³/mol. The molecule has 4 nitrogen and oxygen atoms in total. The van der Waals surface area contributed by atoms with Crippen molar-refractivity contribution in [2.24, 2.45) is 5.73 Å². The Labute approximate surface area is 113 Å². The number of nitrogens with zero attached hydrogens (tertiary/aromatic N) is 1. The maximum absolute atomic E-state index is 5.84. The van der Waals surface area contributed by atoms with Crippen LogP contribution in [0.2, 0.25) is 0 Å². The van der Waals surface area contributed by atoms with E-state index in [0.29, 0.717) is 19.0 Å². The van der Waals surface area contributed by atoms with Crippen LogP contribution >= 0.6 is 0 Å². The third kappa shape index (κ3) is 3.23. The monoisotopic (exact) mass is 258 g/mol. The number of nitrogens with two attached hydrogens (primary N) is 1. The molecule has 2 aromatic rings. The summed E-state index contributed by atoms with van der Waals surface area (Å²) in [4.78, 5) is 4.30. The summed E-state index contributed by atoms with van der Waals surface area (Å²) in [6.07, 6.45) is 0. The maximum atomic E-state index is 5.84. The van der Waals surface area contributed by atoms with Crippen LogP contribution in [-0.4, -0.2) is 12.1 Å². The van der Waals surface area contributed by atoms with Crippen LogP contribution in [0.5, 0.6) is 11.6 Å². The van der Waals surface area contributed by atoms with E-state index in [0.717, 1.165) is 22.6 Å². The SMILES string of the molecule is COc1cc(OCc2ccccc2)c(CN)c(C)n1. The number of aromatic nitrogens is 1. The van der Waals surface area contributed by atoms with Gasteiger partial charge < -0.3 is 15.2 Å². The first-order valence-corrected chi connectivity index (χ1v) is 6.16. The lowest BCUT2D eigenvalue weighted by Crippen LogP contribution is -2.07. The Morgan fingerprint density at radius 2 is 1.95 bits per heavy atom. The number of rotatable bonds is 5. The average Bonchev–Trinajstić information content (AvgIpc) is 2.45. The van der Waals surface area contributed by atoms with Crippen LogP contribution < -0.4 is 15.2 Å². The Kier molecular flexibility index (Phi) is 4.36. The zero-order valence-electron chi connectivity index (χ0n) is 11.2. The fourth-order valence-corrected chi connectivity index (χ4v) is 1.86. The summed E-state index contributed by atoms with van der Waals surface area (Å²) in [5, 5.41) is 0. The molecule has 0 spiro atoms. The molecule has 0 aliphatic rings. The molecule has 0 atom stereocenters. The van der Waals surface area contributed by atoms with Crippen LogP contribution in [0.4, 0.5) is 0 Å². The number of benzene rings is 1. The van der Waals surface area contributed by atoms with Crippen molar-refractivity contribution in [2.75, 3.05) is 7.11 Å². The Morgan fingerprint density at radius 3 is 2.58 bits per heavy atom. The fourth-order valence-electron chi connectivity index (χ4n) is 1.86. The third-order valence-corrected chi connectivity index (χ3v) is 2.92. The van der Waals surface area contributed by atoms with Gasteiger partial charge in [-0.3, -0.25) is 0 Å². The molecule has 1 aromatic carbocycles. The third-order valence-electron chi connectivity index (χ3n) is 2.92. The van der Waals surface area contributed by atoms with Crippen molar-refractivity contribution in [3.8, 4) is 11.6 Å². The van der Waals surface area contributed by atoms with Crippen LogP contribution in [0.3, 0.4) is 0 Å². The molecule has 0 saturated heterocycles. The zero-order valence-corrected chi connectivity index (χ0v) is 11.2. The van der Waals surface area contributed by atoms with Crippen molar-refractivity contribution >= 4 is 0 Å². The van der Waals surface area contributed by atoms with Crippen molar-refractivity contribution in [3.05, 3.63) is 53.2 Å². The van der Waals surface area contributed by atoms with E-state index in [4.69, 9.17) is 15.2 Å². The van der Waals surface area contributed by atoms with Gasteiger partial charge in [-0.2, -0.15) is 0 Å². The normalized spacial score (nSPS) is 10.3. The zero-order chi connectivity index (χ0) is 13.7. The fraction of sp³-hybridized carbons (Fsp3) is 0.267. The highest BCUT2D eigenvalue weighted by Gasteiger charge is 2.10. The van der Waals surface area contributed by atoms with Crippen LogP contribution in [0.25, 0.3) is 0 Å². The van der Waals surface area contributed by atoms with Gasteiger partial charge in [-0.15, -0.1) is 0 Å². The lowest BCUT2D eigenvalue weighted by molar-refractivity contribution is 0.298. The highest BCUT2D eigenvalue weighted by Crippen LogP contribution is 2.26. The van der Waals surface area contributed by atoms with E-state index in [-0.39, 0.29) is 0 Å². The quantitative estimate of drug-likeness (QED) is 0.895. The largest absolute Gasteiger partial charge is 0.488 e. The molecule has 0 aliphatic heterocycles. The van der Waals surface area contributed by atoms with Gasteiger partial charge in [0.2, 0.25) is 5.88 Å². The van der Waals surface area contributed by atoms with Crippen LogP contribution in [0.15, 0.2) is 36.4 Å². The van der Waals surface area contributed by atoms with Gasteiger partial charge in [0, 0.05) is 23.9 Å². The van der Waals surface area contributed by atoms with Gasteiger partial charge >= 0.3 is 0 Å². The second-order valence-electron chi connectivity index (χ2n) is 4.21. The van der Waals surface area contributed by atoms with Crippen molar-refractivity contribution in [3.63, 3.8) is 0 Å². The summed E-state index contributed by atoms with van der Waals surface area (Å²) in [6.45, 7) is 2.80. The molecule has 1 heterocycles. The van der Waals surface area contributed by atoms with Gasteiger partial charge in [-0.1, -0.05) is 30.3 Å². The molecule has 0 radical (unpaired) electrons. The summed E-state index contributed by atoms with van der Waals surface area (Å²) in [5.41, 5.74) is 8.61. The number of ether oxygens (including phenoxy) is 2. The van der Waals surface area contributed by atoms with E-state index in [2.05, 4.69) is 4.98 Å². The lowest BCUT2D eigenvalue weighted by atomic mass is 10.2. The van der Waals surface area contributed by atoms with Crippen molar-refractivity contribution < 1.29 is 9.47 Å². The van der Waals surface area contributed by atoms with E-state index in [9.17, 15) is 0 Å². The number of aryl methyl sites for hydroxylation is 1. The molecule has 19 heavy (non-hydrogen) atoms. The van der Waals surface area contributed by atoms with Gasteiger partial charge in [0.05, 0.1) is 7.11 Å². The Balaban J connectivity index is 2.21. The lowest BCUT2D eigenvalue weighted by Gasteiger charge is -2.13. The van der Waals surface area contributed by atoms with Gasteiger partial charge in [-0.05, 0) is 12.5 Å². The molecule has 0 unspecified atom stereocenters. The number of hydrogen-bond donors (Lipinski definition) is 1. The van der Waals surface area contributed by atoms with Gasteiger partial charge in [0.25, 0.3) is 0 Å². The van der Waals surface area contributed by atoms with Gasteiger partial charge in [0.15, 0.2) is 0 Å². The minimum absolute atomic E-state index is 0.396. The van der Waals surface area contributed by atoms with E-state index < -0.39 is 0 Å². The Bertz CT molecular complexity index is 541. The van der Waals surface area contributed by atoms with Crippen molar-refractivity contribution in [1.29, 1.82) is 0 Å². The molecule has 0 aliphatic carbocycles. The molecule has 0 amide bonds. The molecule has 0 saturated carbocycles. The summed E-state index contributed by atoms with van der Waals surface area (Å²) >= 11 is 0. The molecule has 100 valence electrons. The molecule has 1 aromatic heterocycles. The number of hydrogen-bond acceptors (Lipinski definition) is 4. The second kappa shape index (κ2) is 6.20. The van der Waals surface area contributed by atoms with Crippen molar-refractivity contribution in [1.82, 2.24) is 4.98 Å². The summed E-state index contributed by atoms with van der Waals surface area (Å²) in [5.74, 6) is 1.27. The minimum atomic E-state index is 0.396. The number of methoxy groups -OCH3 is 1. The highest BCUT2D eigenvalue weighted by atomic mass is 16.5. The average molecular weight is 258 g/mol. The van der Waals surface area contributed by atoms with Crippen LogP contribution in [0.1, 0.15) is 16.8 Å². The molecular formula is C15H18N2O2. The molecule has 0 bridgehead atoms. The summed E-state index contributed by atoms with van der Waals surface area (Å²) in [7, 11) is 1.59. The molecular weight excluding hydrogens is 240 g/mol. The summed E-state index contributed by atoms with van der Waals surface area (Å²) < 4.78 is 11.0. The first-order valence-electron chi connectivity index (χ1n) is 6.16. The summed E-state index contributed by atoms with van der Waals surface area (Å²) in [6, 6.07) is 11.8. The van der Waals surface area contributed by atoms with Crippen LogP contribution in [-0.2, 0) is 13.2 Å². The topological polar surface area (TPSA) is 57.4 Å². The number of pyridine rings is 1. The van der Waals surface area contributed by atoms with E-state index in [1.54, 1.807) is 13.2 Å². The smallest absolute Gasteiger partial charge is 0.216 e. The molecule has 0 fully saturated rings. The predicted octanol–water partition coefficient (Wildman–Crippen LogP) is 2.44. The molecule has 4 heteroatoms. The molecule has 2 N–H and O–H groups in total. The van der Waals surface area contributed by atoms with E-state index in [1.807, 2.05) is 37.3 Å².